The highest BCUT2D eigenvalue weighted by Gasteiger charge is 2.20. The fraction of sp³-hybridized carbons (Fsp3) is 0.273. The van der Waals surface area contributed by atoms with Crippen LogP contribution in [-0.4, -0.2) is 35.1 Å². The minimum absolute atomic E-state index is 0.0245. The van der Waals surface area contributed by atoms with Gasteiger partial charge in [-0.05, 0) is 43.2 Å². The molecule has 2 aromatic rings. The first-order valence-electron chi connectivity index (χ1n) is 9.97. The Kier molecular flexibility index (Phi) is 7.77. The van der Waals surface area contributed by atoms with Gasteiger partial charge in [-0.25, -0.2) is 5.43 Å². The highest BCUT2D eigenvalue weighted by Crippen LogP contribution is 2.21. The lowest BCUT2D eigenvalue weighted by atomic mass is 9.95. The quantitative estimate of drug-likeness (QED) is 0.294. The average Bonchev–Trinajstić information content (AvgIpc) is 2.77. The SMILES string of the molecule is O=C(N/N=C/c1cc(Br)ccc1O)C(=O)Nc1ccccc1C(=O)NC1CCCCC1. The Morgan fingerprint density at radius 3 is 2.55 bits per heavy atom. The van der Waals surface area contributed by atoms with Crippen LogP contribution in [0.2, 0.25) is 0 Å². The Morgan fingerprint density at radius 1 is 1.03 bits per heavy atom. The highest BCUT2D eigenvalue weighted by atomic mass is 79.9. The van der Waals surface area contributed by atoms with Gasteiger partial charge in [-0.3, -0.25) is 14.4 Å². The zero-order valence-corrected chi connectivity index (χ0v) is 18.3. The van der Waals surface area contributed by atoms with Crippen molar-refractivity contribution >= 4 is 45.6 Å². The Balaban J connectivity index is 1.60. The summed E-state index contributed by atoms with van der Waals surface area (Å²) in [7, 11) is 0. The van der Waals surface area contributed by atoms with Crippen LogP contribution in [0.5, 0.6) is 5.75 Å². The Bertz CT molecular complexity index is 1000. The maximum absolute atomic E-state index is 12.7. The molecule has 2 aromatic carbocycles. The summed E-state index contributed by atoms with van der Waals surface area (Å²) in [6.07, 6.45) is 6.44. The summed E-state index contributed by atoms with van der Waals surface area (Å²) in [5.74, 6) is -2.28. The summed E-state index contributed by atoms with van der Waals surface area (Å²) < 4.78 is 0.721. The van der Waals surface area contributed by atoms with Gasteiger partial charge < -0.3 is 15.7 Å². The van der Waals surface area contributed by atoms with Crippen molar-refractivity contribution in [3.8, 4) is 5.75 Å². The molecule has 1 aliphatic carbocycles. The predicted octanol–water partition coefficient (Wildman–Crippen LogP) is 3.31. The van der Waals surface area contributed by atoms with Crippen molar-refractivity contribution in [1.82, 2.24) is 10.7 Å². The normalized spacial score (nSPS) is 14.2. The van der Waals surface area contributed by atoms with Gasteiger partial charge in [0, 0.05) is 16.1 Å². The second kappa shape index (κ2) is 10.7. The van der Waals surface area contributed by atoms with Gasteiger partial charge in [0.1, 0.15) is 5.75 Å². The maximum Gasteiger partial charge on any atom is 0.329 e. The van der Waals surface area contributed by atoms with Crippen LogP contribution < -0.4 is 16.1 Å². The Hall–Kier alpha value is -3.20. The molecule has 0 aromatic heterocycles. The molecule has 8 nitrogen and oxygen atoms in total. The first-order valence-corrected chi connectivity index (χ1v) is 10.8. The van der Waals surface area contributed by atoms with E-state index in [1.165, 1.54) is 18.7 Å². The van der Waals surface area contributed by atoms with Crippen LogP contribution in [0.25, 0.3) is 0 Å². The standard InChI is InChI=1S/C22H23BrN4O4/c23-15-10-11-19(28)14(12-15)13-24-27-22(31)21(30)26-18-9-5-4-8-17(18)20(29)25-16-6-2-1-3-7-16/h4-5,8-13,16,28H,1-3,6-7H2,(H,25,29)(H,26,30)(H,27,31)/b24-13+. The second-order valence-electron chi connectivity index (χ2n) is 7.21. The van der Waals surface area contributed by atoms with Crippen molar-refractivity contribution in [2.24, 2.45) is 5.10 Å². The van der Waals surface area contributed by atoms with Crippen molar-refractivity contribution < 1.29 is 19.5 Å². The van der Waals surface area contributed by atoms with E-state index in [0.29, 0.717) is 5.56 Å². The largest absolute Gasteiger partial charge is 0.507 e. The van der Waals surface area contributed by atoms with Gasteiger partial charge in [0.05, 0.1) is 17.5 Å². The molecule has 3 amide bonds. The average molecular weight is 487 g/mol. The van der Waals surface area contributed by atoms with Crippen LogP contribution >= 0.6 is 15.9 Å². The van der Waals surface area contributed by atoms with Gasteiger partial charge in [-0.1, -0.05) is 47.3 Å². The van der Waals surface area contributed by atoms with E-state index in [1.807, 2.05) is 0 Å². The third-order valence-electron chi connectivity index (χ3n) is 4.93. The highest BCUT2D eigenvalue weighted by molar-refractivity contribution is 9.10. The first-order chi connectivity index (χ1) is 14.9. The molecule has 0 spiro atoms. The van der Waals surface area contributed by atoms with Gasteiger partial charge >= 0.3 is 11.8 Å². The number of para-hydroxylation sites is 1. The summed E-state index contributed by atoms with van der Waals surface area (Å²) in [4.78, 5) is 37.0. The van der Waals surface area contributed by atoms with Crippen molar-refractivity contribution in [2.45, 2.75) is 38.1 Å². The van der Waals surface area contributed by atoms with E-state index >= 15 is 0 Å². The Morgan fingerprint density at radius 2 is 1.77 bits per heavy atom. The molecule has 3 rings (SSSR count). The molecule has 0 saturated heterocycles. The first kappa shape index (κ1) is 22.5. The third-order valence-corrected chi connectivity index (χ3v) is 5.42. The van der Waals surface area contributed by atoms with E-state index in [1.54, 1.807) is 36.4 Å². The van der Waals surface area contributed by atoms with Crippen LogP contribution in [-0.2, 0) is 9.59 Å². The second-order valence-corrected chi connectivity index (χ2v) is 8.13. The number of phenols is 1. The number of rotatable bonds is 5. The van der Waals surface area contributed by atoms with Gasteiger partial charge in [-0.2, -0.15) is 5.10 Å². The van der Waals surface area contributed by atoms with Crippen molar-refractivity contribution in [2.75, 3.05) is 5.32 Å². The summed E-state index contributed by atoms with van der Waals surface area (Å²) in [5, 5.41) is 18.9. The van der Waals surface area contributed by atoms with Crippen molar-refractivity contribution in [3.63, 3.8) is 0 Å². The molecule has 0 atom stereocenters. The fourth-order valence-electron chi connectivity index (χ4n) is 3.32. The van der Waals surface area contributed by atoms with Crippen LogP contribution in [0.4, 0.5) is 5.69 Å². The van der Waals surface area contributed by atoms with E-state index < -0.39 is 11.8 Å². The third kappa shape index (κ3) is 6.39. The number of hydrogen-bond acceptors (Lipinski definition) is 5. The molecule has 1 aliphatic rings. The Labute approximate surface area is 188 Å². The van der Waals surface area contributed by atoms with Crippen LogP contribution in [0, 0.1) is 0 Å². The van der Waals surface area contributed by atoms with Crippen LogP contribution in [0.1, 0.15) is 48.0 Å². The molecule has 4 N–H and O–H groups in total. The molecular weight excluding hydrogens is 464 g/mol. The zero-order chi connectivity index (χ0) is 22.2. The van der Waals surface area contributed by atoms with Crippen LogP contribution in [0.3, 0.4) is 0 Å². The zero-order valence-electron chi connectivity index (χ0n) is 16.7. The lowest BCUT2D eigenvalue weighted by Gasteiger charge is -2.23. The smallest absolute Gasteiger partial charge is 0.329 e. The number of benzene rings is 2. The fourth-order valence-corrected chi connectivity index (χ4v) is 3.70. The number of nitrogens with one attached hydrogen (secondary N) is 3. The molecule has 0 aliphatic heterocycles. The number of carbonyl (C=O) groups is 3. The number of hydrogen-bond donors (Lipinski definition) is 4. The summed E-state index contributed by atoms with van der Waals surface area (Å²) >= 11 is 3.27. The number of aromatic hydroxyl groups is 1. The van der Waals surface area contributed by atoms with Crippen molar-refractivity contribution in [1.29, 1.82) is 0 Å². The number of amides is 3. The lowest BCUT2D eigenvalue weighted by Crippen LogP contribution is -2.37. The van der Waals surface area contributed by atoms with Crippen LogP contribution in [0.15, 0.2) is 52.0 Å². The van der Waals surface area contributed by atoms with E-state index in [2.05, 4.69) is 37.1 Å². The summed E-state index contributed by atoms with van der Waals surface area (Å²) in [6, 6.07) is 11.4. The number of hydrazone groups is 1. The molecule has 0 radical (unpaired) electrons. The molecule has 0 bridgehead atoms. The summed E-state index contributed by atoms with van der Waals surface area (Å²) in [5.41, 5.74) is 2.99. The number of phenolic OH excluding ortho intramolecular Hbond substituents is 1. The lowest BCUT2D eigenvalue weighted by molar-refractivity contribution is -0.136. The van der Waals surface area contributed by atoms with E-state index in [0.717, 1.165) is 30.2 Å². The topological polar surface area (TPSA) is 120 Å². The molecule has 162 valence electrons. The molecule has 9 heteroatoms. The van der Waals surface area contributed by atoms with Gasteiger partial charge in [0.2, 0.25) is 0 Å². The maximum atomic E-state index is 12.7. The predicted molar refractivity (Wildman–Crippen MR) is 121 cm³/mol. The molecule has 31 heavy (non-hydrogen) atoms. The van der Waals surface area contributed by atoms with Gasteiger partial charge in [0.25, 0.3) is 5.91 Å². The molecule has 1 saturated carbocycles. The molecule has 0 heterocycles. The van der Waals surface area contributed by atoms with Gasteiger partial charge in [0.15, 0.2) is 0 Å². The van der Waals surface area contributed by atoms with E-state index in [4.69, 9.17) is 0 Å². The van der Waals surface area contributed by atoms with Gasteiger partial charge in [-0.15, -0.1) is 0 Å². The molecule has 1 fully saturated rings. The number of carbonyl (C=O) groups excluding carboxylic acids is 3. The minimum Gasteiger partial charge on any atom is -0.507 e. The van der Waals surface area contributed by atoms with E-state index in [9.17, 15) is 19.5 Å². The number of anilines is 1. The monoisotopic (exact) mass is 486 g/mol. The molecule has 0 unspecified atom stereocenters. The van der Waals surface area contributed by atoms with Crippen molar-refractivity contribution in [3.05, 3.63) is 58.1 Å². The number of nitrogens with zero attached hydrogens (tertiary/aromatic N) is 1. The molecular formula is C22H23BrN4O4. The van der Waals surface area contributed by atoms with E-state index in [-0.39, 0.29) is 28.9 Å². The minimum atomic E-state index is -1.01. The summed E-state index contributed by atoms with van der Waals surface area (Å²) in [6.45, 7) is 0. The number of halogens is 1.